The lowest BCUT2D eigenvalue weighted by atomic mass is 9.96. The van der Waals surface area contributed by atoms with E-state index in [-0.39, 0.29) is 0 Å². The number of nitrogens with zero attached hydrogens (tertiary/aromatic N) is 6. The summed E-state index contributed by atoms with van der Waals surface area (Å²) < 4.78 is 6.09. The van der Waals surface area contributed by atoms with Crippen molar-refractivity contribution in [3.63, 3.8) is 0 Å². The molecule has 0 unspecified atom stereocenters. The number of fused-ring (bicyclic) bond motifs is 1. The summed E-state index contributed by atoms with van der Waals surface area (Å²) in [6.45, 7) is 5.17. The van der Waals surface area contributed by atoms with E-state index in [2.05, 4.69) is 29.9 Å². The maximum Gasteiger partial charge on any atom is 0.177 e. The molecule has 114 valence electrons. The zero-order valence-corrected chi connectivity index (χ0v) is 13.3. The highest BCUT2D eigenvalue weighted by molar-refractivity contribution is 7.03. The van der Waals surface area contributed by atoms with Gasteiger partial charge in [-0.2, -0.15) is 9.61 Å². The second-order valence-electron chi connectivity index (χ2n) is 5.89. The number of piperidine rings is 1. The van der Waals surface area contributed by atoms with Gasteiger partial charge in [-0.05, 0) is 62.1 Å². The van der Waals surface area contributed by atoms with Gasteiger partial charge in [-0.15, -0.1) is 10.2 Å². The molecule has 0 amide bonds. The van der Waals surface area contributed by atoms with Crippen molar-refractivity contribution in [1.82, 2.24) is 29.1 Å². The van der Waals surface area contributed by atoms with Crippen LogP contribution in [0, 0.1) is 6.92 Å². The highest BCUT2D eigenvalue weighted by Gasteiger charge is 2.25. The molecule has 22 heavy (non-hydrogen) atoms. The van der Waals surface area contributed by atoms with Gasteiger partial charge in [0.15, 0.2) is 11.5 Å². The first kappa shape index (κ1) is 13.8. The highest BCUT2D eigenvalue weighted by Crippen LogP contribution is 2.27. The summed E-state index contributed by atoms with van der Waals surface area (Å²) in [5.41, 5.74) is 3.15. The Morgan fingerprint density at radius 2 is 2.09 bits per heavy atom. The van der Waals surface area contributed by atoms with E-state index in [9.17, 15) is 0 Å². The molecule has 0 radical (unpaired) electrons. The number of hydrogen-bond donors (Lipinski definition) is 0. The molecule has 0 N–H and O–H groups in total. The molecule has 0 spiro atoms. The summed E-state index contributed by atoms with van der Waals surface area (Å²) in [5.74, 6) is 1.46. The normalized spacial score (nSPS) is 17.3. The Hall–Kier alpha value is -1.86. The third-order valence-electron chi connectivity index (χ3n) is 4.26. The van der Waals surface area contributed by atoms with Crippen LogP contribution in [0.4, 0.5) is 0 Å². The van der Waals surface area contributed by atoms with E-state index < -0.39 is 0 Å². The van der Waals surface area contributed by atoms with Crippen molar-refractivity contribution in [3.8, 4) is 0 Å². The van der Waals surface area contributed by atoms with Crippen molar-refractivity contribution in [2.75, 3.05) is 13.1 Å². The summed E-state index contributed by atoms with van der Waals surface area (Å²) >= 11 is 1.52. The average Bonchev–Trinajstić information content (AvgIpc) is 3.17. The summed E-state index contributed by atoms with van der Waals surface area (Å²) in [6, 6.07) is 3.96. The van der Waals surface area contributed by atoms with E-state index in [1.807, 2.05) is 29.8 Å². The fourth-order valence-corrected chi connectivity index (χ4v) is 3.59. The number of aromatic nitrogens is 5. The lowest BCUT2D eigenvalue weighted by Gasteiger charge is -2.30. The van der Waals surface area contributed by atoms with Crippen LogP contribution in [0.25, 0.3) is 5.65 Å². The molecule has 3 aromatic rings. The second kappa shape index (κ2) is 5.73. The maximum atomic E-state index is 4.56. The summed E-state index contributed by atoms with van der Waals surface area (Å²) in [5, 5.41) is 15.3. The van der Waals surface area contributed by atoms with Gasteiger partial charge in [0.1, 0.15) is 0 Å². The molecule has 1 fully saturated rings. The Balaban J connectivity index is 1.47. The van der Waals surface area contributed by atoms with Crippen LogP contribution in [-0.4, -0.2) is 42.2 Å². The maximum absolute atomic E-state index is 4.56. The van der Waals surface area contributed by atoms with Crippen molar-refractivity contribution in [1.29, 1.82) is 0 Å². The second-order valence-corrected chi connectivity index (χ2v) is 6.54. The van der Waals surface area contributed by atoms with Gasteiger partial charge in [0.2, 0.25) is 0 Å². The van der Waals surface area contributed by atoms with Crippen LogP contribution >= 0.6 is 11.5 Å². The molecule has 0 atom stereocenters. The molecule has 1 aliphatic rings. The fourth-order valence-electron chi connectivity index (χ4n) is 3.06. The smallest absolute Gasteiger partial charge is 0.177 e. The van der Waals surface area contributed by atoms with Crippen molar-refractivity contribution < 1.29 is 0 Å². The number of likely N-dealkylation sites (tertiary alicyclic amines) is 1. The average molecular weight is 314 g/mol. The summed E-state index contributed by atoms with van der Waals surface area (Å²) in [7, 11) is 0. The predicted molar refractivity (Wildman–Crippen MR) is 84.9 cm³/mol. The zero-order valence-electron chi connectivity index (χ0n) is 12.5. The molecule has 0 saturated carbocycles. The predicted octanol–water partition coefficient (Wildman–Crippen LogP) is 2.27. The molecule has 3 aromatic heterocycles. The van der Waals surface area contributed by atoms with Gasteiger partial charge < -0.3 is 0 Å². The Morgan fingerprint density at radius 1 is 1.23 bits per heavy atom. The molecule has 0 bridgehead atoms. The largest absolute Gasteiger partial charge is 0.299 e. The van der Waals surface area contributed by atoms with Crippen LogP contribution in [0.15, 0.2) is 23.7 Å². The van der Waals surface area contributed by atoms with E-state index in [1.165, 1.54) is 17.1 Å². The van der Waals surface area contributed by atoms with E-state index in [4.69, 9.17) is 0 Å². The minimum absolute atomic E-state index is 0.446. The molecule has 0 aliphatic carbocycles. The molecular weight excluding hydrogens is 296 g/mol. The SMILES string of the molecule is Cc1ccc2nnc(C3CCN(Cc4cnsc4)CC3)n2n1. The lowest BCUT2D eigenvalue weighted by Crippen LogP contribution is -2.33. The molecule has 4 rings (SSSR count). The highest BCUT2D eigenvalue weighted by atomic mass is 32.1. The fraction of sp³-hybridized carbons (Fsp3) is 0.467. The molecular formula is C15H18N6S. The lowest BCUT2D eigenvalue weighted by molar-refractivity contribution is 0.201. The van der Waals surface area contributed by atoms with Crippen LogP contribution in [-0.2, 0) is 6.54 Å². The van der Waals surface area contributed by atoms with Crippen molar-refractivity contribution in [2.45, 2.75) is 32.2 Å². The molecule has 1 aliphatic heterocycles. The first-order valence-electron chi connectivity index (χ1n) is 7.59. The van der Waals surface area contributed by atoms with E-state index in [1.54, 1.807) is 0 Å². The number of aryl methyl sites for hydroxylation is 1. The molecule has 7 heteroatoms. The van der Waals surface area contributed by atoms with Crippen LogP contribution in [0.2, 0.25) is 0 Å². The Morgan fingerprint density at radius 3 is 2.86 bits per heavy atom. The first-order chi connectivity index (χ1) is 10.8. The van der Waals surface area contributed by atoms with Gasteiger partial charge in [-0.1, -0.05) is 0 Å². The van der Waals surface area contributed by atoms with Gasteiger partial charge in [0.25, 0.3) is 0 Å². The van der Waals surface area contributed by atoms with Gasteiger partial charge in [0, 0.05) is 24.0 Å². The molecule has 4 heterocycles. The molecule has 1 saturated heterocycles. The van der Waals surface area contributed by atoms with E-state index in [0.29, 0.717) is 5.92 Å². The first-order valence-corrected chi connectivity index (χ1v) is 8.43. The van der Waals surface area contributed by atoms with Crippen LogP contribution in [0.5, 0.6) is 0 Å². The Kier molecular flexibility index (Phi) is 3.59. The van der Waals surface area contributed by atoms with Crippen LogP contribution < -0.4 is 0 Å². The van der Waals surface area contributed by atoms with E-state index >= 15 is 0 Å². The van der Waals surface area contributed by atoms with Crippen molar-refractivity contribution in [3.05, 3.63) is 40.8 Å². The monoisotopic (exact) mass is 314 g/mol. The minimum atomic E-state index is 0.446. The van der Waals surface area contributed by atoms with Crippen molar-refractivity contribution >= 4 is 17.2 Å². The third-order valence-corrected chi connectivity index (χ3v) is 4.90. The topological polar surface area (TPSA) is 59.2 Å². The molecule has 0 aromatic carbocycles. The quantitative estimate of drug-likeness (QED) is 0.742. The summed E-state index contributed by atoms with van der Waals surface area (Å²) in [4.78, 5) is 2.49. The van der Waals surface area contributed by atoms with Gasteiger partial charge in [0.05, 0.1) is 5.69 Å². The third kappa shape index (κ3) is 2.62. The van der Waals surface area contributed by atoms with E-state index in [0.717, 1.165) is 49.6 Å². The van der Waals surface area contributed by atoms with Crippen molar-refractivity contribution in [2.24, 2.45) is 0 Å². The minimum Gasteiger partial charge on any atom is -0.299 e. The Labute approximate surface area is 133 Å². The zero-order chi connectivity index (χ0) is 14.9. The number of hydrogen-bond acceptors (Lipinski definition) is 6. The van der Waals surface area contributed by atoms with Gasteiger partial charge in [-0.25, -0.2) is 4.37 Å². The summed E-state index contributed by atoms with van der Waals surface area (Å²) in [6.07, 6.45) is 4.18. The standard InChI is InChI=1S/C15H18N6S/c1-11-2-3-14-17-18-15(21(14)19-11)13-4-6-20(7-5-13)9-12-8-16-22-10-12/h2-3,8,10,13H,4-7,9H2,1H3. The Bertz CT molecular complexity index is 758. The van der Waals surface area contributed by atoms with Gasteiger partial charge in [-0.3, -0.25) is 4.90 Å². The number of rotatable bonds is 3. The van der Waals surface area contributed by atoms with Crippen LogP contribution in [0.3, 0.4) is 0 Å². The molecule has 6 nitrogen and oxygen atoms in total. The van der Waals surface area contributed by atoms with Gasteiger partial charge >= 0.3 is 0 Å². The van der Waals surface area contributed by atoms with Crippen LogP contribution in [0.1, 0.15) is 35.8 Å².